The summed E-state index contributed by atoms with van der Waals surface area (Å²) in [6, 6.07) is 19.7. The lowest BCUT2D eigenvalue weighted by molar-refractivity contribution is 0.0740. The Labute approximate surface area is 236 Å². The van der Waals surface area contributed by atoms with Crippen molar-refractivity contribution in [2.75, 3.05) is 24.5 Å². The Bertz CT molecular complexity index is 1630. The van der Waals surface area contributed by atoms with Crippen molar-refractivity contribution in [2.45, 2.75) is 31.9 Å². The lowest BCUT2D eigenvalue weighted by Gasteiger charge is -2.33. The number of nitrogens with zero attached hydrogens (tertiary/aromatic N) is 5. The fraction of sp³-hybridized carbons (Fsp3) is 0.258. The standard InChI is InChI=1S/C31H29ClFN5O2/c32-24-7-6-22-17-23(30(35-27(22)18-24)36-15-11-26(39)12-16-36)19-38(14-10-21-4-8-25(33)9-5-21)31(40)28-20-37-13-2-1-3-29(37)34-28/h1-9,13,17-18,20,26,39H,10-12,14-16,19H2. The Morgan fingerprint density at radius 2 is 1.85 bits per heavy atom. The smallest absolute Gasteiger partial charge is 0.274 e. The van der Waals surface area contributed by atoms with Crippen molar-refractivity contribution in [3.63, 3.8) is 0 Å². The number of anilines is 1. The maximum absolute atomic E-state index is 13.9. The van der Waals surface area contributed by atoms with Gasteiger partial charge in [0.15, 0.2) is 0 Å². The Balaban J connectivity index is 1.37. The topological polar surface area (TPSA) is 74.0 Å². The van der Waals surface area contributed by atoms with Gasteiger partial charge in [0.1, 0.15) is 23.0 Å². The van der Waals surface area contributed by atoms with Crippen LogP contribution in [0.25, 0.3) is 16.6 Å². The number of piperidine rings is 1. The van der Waals surface area contributed by atoms with E-state index in [1.54, 1.807) is 23.2 Å². The van der Waals surface area contributed by atoms with Crippen LogP contribution in [0.2, 0.25) is 5.02 Å². The summed E-state index contributed by atoms with van der Waals surface area (Å²) in [6.07, 6.45) is 5.16. The molecule has 0 atom stereocenters. The number of benzene rings is 2. The molecule has 5 aromatic rings. The summed E-state index contributed by atoms with van der Waals surface area (Å²) in [5.74, 6) is 0.304. The number of halogens is 2. The number of carbonyl (C=O) groups excluding carboxylic acids is 1. The molecule has 1 fully saturated rings. The highest BCUT2D eigenvalue weighted by Gasteiger charge is 2.25. The molecule has 2 aromatic carbocycles. The summed E-state index contributed by atoms with van der Waals surface area (Å²) >= 11 is 6.28. The molecule has 9 heteroatoms. The van der Waals surface area contributed by atoms with Crippen molar-refractivity contribution in [2.24, 2.45) is 0 Å². The van der Waals surface area contributed by atoms with Crippen LogP contribution < -0.4 is 4.90 Å². The van der Waals surface area contributed by atoms with Crippen molar-refractivity contribution in [1.82, 2.24) is 19.3 Å². The largest absolute Gasteiger partial charge is 0.393 e. The SMILES string of the molecule is O=C(c1cn2ccccc2n1)N(CCc1ccc(F)cc1)Cc1cc2ccc(Cl)cc2nc1N1CCC(O)CC1. The third-order valence-corrected chi connectivity index (χ3v) is 7.65. The molecule has 204 valence electrons. The van der Waals surface area contributed by atoms with Crippen LogP contribution in [0.5, 0.6) is 0 Å². The van der Waals surface area contributed by atoms with Gasteiger partial charge in [0, 0.05) is 54.5 Å². The van der Waals surface area contributed by atoms with Crippen molar-refractivity contribution in [3.8, 4) is 0 Å². The van der Waals surface area contributed by atoms with Gasteiger partial charge in [-0.25, -0.2) is 14.4 Å². The third kappa shape index (κ3) is 5.64. The molecule has 40 heavy (non-hydrogen) atoms. The number of carbonyl (C=O) groups is 1. The monoisotopic (exact) mass is 557 g/mol. The van der Waals surface area contributed by atoms with E-state index in [4.69, 9.17) is 16.6 Å². The van der Waals surface area contributed by atoms with E-state index in [9.17, 15) is 14.3 Å². The average molecular weight is 558 g/mol. The molecule has 1 aliphatic heterocycles. The highest BCUT2D eigenvalue weighted by molar-refractivity contribution is 6.31. The maximum atomic E-state index is 13.9. The van der Waals surface area contributed by atoms with Crippen molar-refractivity contribution < 1.29 is 14.3 Å². The van der Waals surface area contributed by atoms with E-state index in [0.717, 1.165) is 27.8 Å². The highest BCUT2D eigenvalue weighted by atomic mass is 35.5. The summed E-state index contributed by atoms with van der Waals surface area (Å²) in [4.78, 5) is 27.5. The molecule has 7 nitrogen and oxygen atoms in total. The first-order chi connectivity index (χ1) is 19.4. The van der Waals surface area contributed by atoms with Crippen molar-refractivity contribution in [1.29, 1.82) is 0 Å². The molecule has 1 aliphatic rings. The first kappa shape index (κ1) is 26.2. The molecule has 1 N–H and O–H groups in total. The number of aliphatic hydroxyl groups excluding tert-OH is 1. The van der Waals surface area contributed by atoms with Gasteiger partial charge in [0.2, 0.25) is 0 Å². The number of hydrogen-bond acceptors (Lipinski definition) is 5. The summed E-state index contributed by atoms with van der Waals surface area (Å²) in [7, 11) is 0. The number of imidazole rings is 1. The van der Waals surface area contributed by atoms with Crippen LogP contribution in [0, 0.1) is 5.82 Å². The zero-order valence-electron chi connectivity index (χ0n) is 21.9. The third-order valence-electron chi connectivity index (χ3n) is 7.41. The summed E-state index contributed by atoms with van der Waals surface area (Å²) in [6.45, 7) is 2.06. The fourth-order valence-corrected chi connectivity index (χ4v) is 5.38. The molecule has 0 spiro atoms. The van der Waals surface area contributed by atoms with Gasteiger partial charge in [-0.3, -0.25) is 4.79 Å². The molecule has 1 saturated heterocycles. The Morgan fingerprint density at radius 1 is 1.05 bits per heavy atom. The molecule has 0 saturated carbocycles. The first-order valence-corrected chi connectivity index (χ1v) is 13.8. The molecular weight excluding hydrogens is 529 g/mol. The summed E-state index contributed by atoms with van der Waals surface area (Å²) in [5.41, 5.74) is 3.67. The molecule has 0 unspecified atom stereocenters. The van der Waals surface area contributed by atoms with Crippen molar-refractivity contribution in [3.05, 3.63) is 107 Å². The van der Waals surface area contributed by atoms with Gasteiger partial charge in [0.05, 0.1) is 11.6 Å². The second kappa shape index (κ2) is 11.2. The van der Waals surface area contributed by atoms with E-state index in [2.05, 4.69) is 16.0 Å². The van der Waals surface area contributed by atoms with E-state index in [0.29, 0.717) is 61.8 Å². The zero-order valence-corrected chi connectivity index (χ0v) is 22.6. The van der Waals surface area contributed by atoms with Crippen molar-refractivity contribution >= 4 is 39.9 Å². The second-order valence-electron chi connectivity index (χ2n) is 10.2. The minimum Gasteiger partial charge on any atom is -0.393 e. The molecular formula is C31H29ClFN5O2. The summed E-state index contributed by atoms with van der Waals surface area (Å²) in [5, 5.41) is 11.6. The number of aromatic nitrogens is 3. The molecule has 0 radical (unpaired) electrons. The molecule has 4 heterocycles. The molecule has 3 aromatic heterocycles. The summed E-state index contributed by atoms with van der Waals surface area (Å²) < 4.78 is 15.3. The van der Waals surface area contributed by atoms with Gasteiger partial charge in [-0.05, 0) is 67.3 Å². The lowest BCUT2D eigenvalue weighted by Crippen LogP contribution is -2.38. The van der Waals surface area contributed by atoms with Crippen LogP contribution in [-0.4, -0.2) is 56.0 Å². The van der Waals surface area contributed by atoms with Gasteiger partial charge in [-0.15, -0.1) is 0 Å². The average Bonchev–Trinajstić information content (AvgIpc) is 3.40. The minimum atomic E-state index is -0.321. The number of rotatable bonds is 7. The number of hydrogen-bond donors (Lipinski definition) is 1. The lowest BCUT2D eigenvalue weighted by atomic mass is 10.1. The van der Waals surface area contributed by atoms with E-state index < -0.39 is 0 Å². The van der Waals surface area contributed by atoms with Crippen LogP contribution in [0.1, 0.15) is 34.5 Å². The molecule has 1 amide bonds. The fourth-order valence-electron chi connectivity index (χ4n) is 5.21. The molecule has 0 aliphatic carbocycles. The van der Waals surface area contributed by atoms with Crippen LogP contribution in [0.15, 0.2) is 79.1 Å². The highest BCUT2D eigenvalue weighted by Crippen LogP contribution is 2.29. The maximum Gasteiger partial charge on any atom is 0.274 e. The molecule has 6 rings (SSSR count). The quantitative estimate of drug-likeness (QED) is 0.285. The van der Waals surface area contributed by atoms with Crippen LogP contribution in [-0.2, 0) is 13.0 Å². The normalized spacial score (nSPS) is 14.2. The van der Waals surface area contributed by atoms with Gasteiger partial charge >= 0.3 is 0 Å². The number of aliphatic hydroxyl groups is 1. The minimum absolute atomic E-state index is 0.193. The number of pyridine rings is 2. The van der Waals surface area contributed by atoms with Crippen LogP contribution in [0.3, 0.4) is 0 Å². The second-order valence-corrected chi connectivity index (χ2v) is 10.7. The Hall–Kier alpha value is -4.01. The van der Waals surface area contributed by atoms with E-state index >= 15 is 0 Å². The van der Waals surface area contributed by atoms with E-state index in [-0.39, 0.29) is 17.8 Å². The van der Waals surface area contributed by atoms with Crippen LogP contribution in [0.4, 0.5) is 10.2 Å². The predicted octanol–water partition coefficient (Wildman–Crippen LogP) is 5.52. The van der Waals surface area contributed by atoms with Gasteiger partial charge in [0.25, 0.3) is 5.91 Å². The van der Waals surface area contributed by atoms with Gasteiger partial charge in [-0.1, -0.05) is 35.9 Å². The van der Waals surface area contributed by atoms with Crippen LogP contribution >= 0.6 is 11.6 Å². The molecule has 0 bridgehead atoms. The predicted molar refractivity (Wildman–Crippen MR) is 154 cm³/mol. The first-order valence-electron chi connectivity index (χ1n) is 13.4. The van der Waals surface area contributed by atoms with Gasteiger partial charge < -0.3 is 19.3 Å². The number of fused-ring (bicyclic) bond motifs is 2. The zero-order chi connectivity index (χ0) is 27.6. The van der Waals surface area contributed by atoms with E-state index in [1.807, 2.05) is 47.0 Å². The Morgan fingerprint density at radius 3 is 2.62 bits per heavy atom. The Kier molecular flexibility index (Phi) is 7.36. The van der Waals surface area contributed by atoms with E-state index in [1.165, 1.54) is 12.1 Å². The number of amides is 1. The van der Waals surface area contributed by atoms with Gasteiger partial charge in [-0.2, -0.15) is 0 Å².